The molecule has 0 saturated heterocycles. The normalized spacial score (nSPS) is 11.5. The number of halogens is 1. The van der Waals surface area contributed by atoms with Crippen LogP contribution in [-0.2, 0) is 0 Å². The van der Waals surface area contributed by atoms with E-state index in [2.05, 4.69) is 49.7 Å². The molecular formula is C34H27FN6. The molecule has 6 nitrogen and oxygen atoms in total. The van der Waals surface area contributed by atoms with Gasteiger partial charge in [0.1, 0.15) is 11.5 Å². The van der Waals surface area contributed by atoms with Crippen molar-refractivity contribution in [2.75, 3.05) is 5.32 Å². The van der Waals surface area contributed by atoms with Gasteiger partial charge >= 0.3 is 0 Å². The largest absolute Gasteiger partial charge is 0.357 e. The van der Waals surface area contributed by atoms with E-state index in [0.29, 0.717) is 5.65 Å². The van der Waals surface area contributed by atoms with E-state index in [1.807, 2.05) is 61.5 Å². The molecule has 0 atom stereocenters. The van der Waals surface area contributed by atoms with Crippen LogP contribution >= 0.6 is 0 Å². The zero-order valence-corrected chi connectivity index (χ0v) is 22.4. The van der Waals surface area contributed by atoms with Crippen LogP contribution in [0.25, 0.3) is 44.8 Å². The molecular weight excluding hydrogens is 511 g/mol. The smallest absolute Gasteiger partial charge is 0.155 e. The van der Waals surface area contributed by atoms with Crippen LogP contribution in [0.3, 0.4) is 0 Å². The molecule has 0 bridgehead atoms. The van der Waals surface area contributed by atoms with E-state index in [-0.39, 0.29) is 5.82 Å². The standard InChI is InChI=1S/C34H27FN6/c1-4-9-29(24-12-8-13-27(35)14-24)30-17-32(39-22(30)3)33-31-16-26(19-37-34(31)41-40-33)25-15-28(20-36-18-25)38-21(2)23-10-6-5-7-11-23/h4-20,38-39H,1-2H2,3H3,(H,37,40,41)/b29-9-. The molecule has 6 rings (SSSR count). The lowest BCUT2D eigenvalue weighted by atomic mass is 9.97. The molecule has 4 aromatic heterocycles. The van der Waals surface area contributed by atoms with Crippen LogP contribution in [-0.4, -0.2) is 25.1 Å². The summed E-state index contributed by atoms with van der Waals surface area (Å²) in [6.45, 7) is 10.0. The average Bonchev–Trinajstić information content (AvgIpc) is 3.59. The molecule has 0 aliphatic carbocycles. The van der Waals surface area contributed by atoms with Crippen LogP contribution in [0.1, 0.15) is 22.4 Å². The van der Waals surface area contributed by atoms with Gasteiger partial charge in [0.2, 0.25) is 0 Å². The first-order valence-corrected chi connectivity index (χ1v) is 13.1. The van der Waals surface area contributed by atoms with E-state index in [4.69, 9.17) is 0 Å². The average molecular weight is 539 g/mol. The number of aromatic amines is 2. The molecule has 41 heavy (non-hydrogen) atoms. The fourth-order valence-corrected chi connectivity index (χ4v) is 4.90. The van der Waals surface area contributed by atoms with Gasteiger partial charge in [-0.25, -0.2) is 9.37 Å². The molecule has 2 aromatic carbocycles. The molecule has 0 aliphatic heterocycles. The number of aryl methyl sites for hydroxylation is 1. The second-order valence-corrected chi connectivity index (χ2v) is 9.67. The Kier molecular flexibility index (Phi) is 6.83. The summed E-state index contributed by atoms with van der Waals surface area (Å²) in [5.41, 5.74) is 10.2. The van der Waals surface area contributed by atoms with E-state index in [1.54, 1.807) is 30.7 Å². The molecule has 6 aromatic rings. The van der Waals surface area contributed by atoms with E-state index in [0.717, 1.165) is 67.2 Å². The summed E-state index contributed by atoms with van der Waals surface area (Å²) in [6.07, 6.45) is 8.97. The number of nitrogens with one attached hydrogen (secondary N) is 3. The molecule has 0 unspecified atom stereocenters. The fraction of sp³-hybridized carbons (Fsp3) is 0.0294. The Morgan fingerprint density at radius 2 is 1.73 bits per heavy atom. The minimum absolute atomic E-state index is 0.291. The highest BCUT2D eigenvalue weighted by Gasteiger charge is 2.17. The molecule has 7 heteroatoms. The summed E-state index contributed by atoms with van der Waals surface area (Å²) < 4.78 is 14.0. The molecule has 200 valence electrons. The number of anilines is 1. The Balaban J connectivity index is 1.34. The van der Waals surface area contributed by atoms with Crippen molar-refractivity contribution in [3.63, 3.8) is 0 Å². The summed E-state index contributed by atoms with van der Waals surface area (Å²) in [4.78, 5) is 12.5. The number of hydrogen-bond acceptors (Lipinski definition) is 4. The highest BCUT2D eigenvalue weighted by molar-refractivity contribution is 5.94. The van der Waals surface area contributed by atoms with E-state index < -0.39 is 0 Å². The molecule has 0 radical (unpaired) electrons. The first-order chi connectivity index (χ1) is 20.0. The maximum absolute atomic E-state index is 14.0. The Morgan fingerprint density at radius 3 is 2.54 bits per heavy atom. The van der Waals surface area contributed by atoms with Gasteiger partial charge in [-0.15, -0.1) is 0 Å². The molecule has 0 fully saturated rings. The van der Waals surface area contributed by atoms with Crippen molar-refractivity contribution in [1.82, 2.24) is 25.1 Å². The van der Waals surface area contributed by atoms with Gasteiger partial charge in [0.15, 0.2) is 5.65 Å². The summed E-state index contributed by atoms with van der Waals surface area (Å²) in [5.74, 6) is -0.291. The van der Waals surface area contributed by atoms with Crippen LogP contribution in [0, 0.1) is 12.7 Å². The van der Waals surface area contributed by atoms with Crippen molar-refractivity contribution in [2.45, 2.75) is 6.92 Å². The number of pyridine rings is 2. The first-order valence-electron chi connectivity index (χ1n) is 13.1. The first kappa shape index (κ1) is 25.7. The summed E-state index contributed by atoms with van der Waals surface area (Å²) in [6, 6.07) is 22.6. The molecule has 0 amide bonds. The lowest BCUT2D eigenvalue weighted by Crippen LogP contribution is -1.98. The number of hydrogen-bond donors (Lipinski definition) is 3. The fourth-order valence-electron chi connectivity index (χ4n) is 4.90. The zero-order valence-electron chi connectivity index (χ0n) is 22.4. The SMILES string of the molecule is C=C/C=C(/c1cccc(F)c1)c1cc(-c2n[nH]c3ncc(-c4cncc(NC(=C)c5ccccc5)c4)cc23)[nH]c1C. The molecule has 0 aliphatic rings. The Hall–Kier alpha value is -5.56. The van der Waals surface area contributed by atoms with Crippen LogP contribution in [0.2, 0.25) is 0 Å². The minimum Gasteiger partial charge on any atom is -0.357 e. The number of benzene rings is 2. The Bertz CT molecular complexity index is 1930. The highest BCUT2D eigenvalue weighted by atomic mass is 19.1. The Morgan fingerprint density at radius 1 is 0.927 bits per heavy atom. The lowest BCUT2D eigenvalue weighted by Gasteiger charge is -2.11. The van der Waals surface area contributed by atoms with Crippen LogP contribution < -0.4 is 5.32 Å². The monoisotopic (exact) mass is 538 g/mol. The van der Waals surface area contributed by atoms with Crippen molar-refractivity contribution < 1.29 is 4.39 Å². The number of nitrogens with zero attached hydrogens (tertiary/aromatic N) is 3. The molecule has 3 N–H and O–H groups in total. The van der Waals surface area contributed by atoms with Crippen LogP contribution in [0.4, 0.5) is 10.1 Å². The molecule has 0 saturated carbocycles. The third kappa shape index (κ3) is 5.21. The quantitative estimate of drug-likeness (QED) is 0.171. The number of aromatic nitrogens is 5. The summed E-state index contributed by atoms with van der Waals surface area (Å²) >= 11 is 0. The van der Waals surface area contributed by atoms with Crippen LogP contribution in [0.5, 0.6) is 0 Å². The van der Waals surface area contributed by atoms with Gasteiger partial charge in [-0.2, -0.15) is 5.10 Å². The van der Waals surface area contributed by atoms with Gasteiger partial charge in [0.25, 0.3) is 0 Å². The van der Waals surface area contributed by atoms with Gasteiger partial charge in [-0.1, -0.05) is 67.8 Å². The van der Waals surface area contributed by atoms with Crippen molar-refractivity contribution >= 4 is 28.0 Å². The van der Waals surface area contributed by atoms with Gasteiger partial charge in [-0.05, 0) is 54.0 Å². The number of allylic oxidation sites excluding steroid dienone is 2. The topological polar surface area (TPSA) is 82.3 Å². The van der Waals surface area contributed by atoms with Gasteiger partial charge in [-0.3, -0.25) is 10.1 Å². The lowest BCUT2D eigenvalue weighted by molar-refractivity contribution is 0.627. The maximum Gasteiger partial charge on any atom is 0.155 e. The number of fused-ring (bicyclic) bond motifs is 1. The van der Waals surface area contributed by atoms with Gasteiger partial charge in [0, 0.05) is 45.9 Å². The maximum atomic E-state index is 14.0. The molecule has 4 heterocycles. The summed E-state index contributed by atoms with van der Waals surface area (Å²) in [7, 11) is 0. The predicted molar refractivity (Wildman–Crippen MR) is 164 cm³/mol. The van der Waals surface area contributed by atoms with Crippen LogP contribution in [0.15, 0.2) is 117 Å². The van der Waals surface area contributed by atoms with E-state index >= 15 is 0 Å². The zero-order chi connectivity index (χ0) is 28.3. The van der Waals surface area contributed by atoms with E-state index in [1.165, 1.54) is 12.1 Å². The third-order valence-corrected chi connectivity index (χ3v) is 6.89. The van der Waals surface area contributed by atoms with Crippen molar-refractivity contribution in [3.05, 3.63) is 145 Å². The Labute approximate surface area is 237 Å². The highest BCUT2D eigenvalue weighted by Crippen LogP contribution is 2.34. The number of rotatable bonds is 8. The summed E-state index contributed by atoms with van der Waals surface area (Å²) in [5, 5.41) is 11.8. The van der Waals surface area contributed by atoms with Gasteiger partial charge < -0.3 is 10.3 Å². The second-order valence-electron chi connectivity index (χ2n) is 9.67. The number of H-pyrrole nitrogens is 2. The second kappa shape index (κ2) is 10.9. The van der Waals surface area contributed by atoms with Crippen molar-refractivity contribution in [2.24, 2.45) is 0 Å². The molecule has 0 spiro atoms. The third-order valence-electron chi connectivity index (χ3n) is 6.89. The van der Waals surface area contributed by atoms with Crippen molar-refractivity contribution in [1.29, 1.82) is 0 Å². The minimum atomic E-state index is -0.291. The van der Waals surface area contributed by atoms with E-state index in [9.17, 15) is 4.39 Å². The predicted octanol–water partition coefficient (Wildman–Crippen LogP) is 8.16. The van der Waals surface area contributed by atoms with Crippen molar-refractivity contribution in [3.8, 4) is 22.5 Å². The van der Waals surface area contributed by atoms with Gasteiger partial charge in [0.05, 0.1) is 17.6 Å².